The monoisotopic (exact) mass is 346 g/mol. The lowest BCUT2D eigenvalue weighted by Crippen LogP contribution is -2.37. The van der Waals surface area contributed by atoms with E-state index in [0.717, 1.165) is 11.1 Å². The van der Waals surface area contributed by atoms with Crippen LogP contribution in [0.2, 0.25) is 0 Å². The maximum Gasteiger partial charge on any atom is 0.232 e. The fourth-order valence-electron chi connectivity index (χ4n) is 2.38. The van der Waals surface area contributed by atoms with Crippen molar-refractivity contribution in [3.63, 3.8) is 0 Å². The Morgan fingerprint density at radius 1 is 0.917 bits per heavy atom. The number of hydrogen-bond acceptors (Lipinski definition) is 3. The summed E-state index contributed by atoms with van der Waals surface area (Å²) in [6, 6.07) is 19.1. The molecule has 1 amide bonds. The minimum absolute atomic E-state index is 0.0254. The van der Waals surface area contributed by atoms with Crippen molar-refractivity contribution < 1.29 is 13.2 Å². The third-order valence-corrected chi connectivity index (χ3v) is 5.06. The van der Waals surface area contributed by atoms with Gasteiger partial charge in [0.15, 0.2) is 0 Å². The molecule has 0 fully saturated rings. The molecule has 2 rings (SSSR count). The number of benzene rings is 2. The van der Waals surface area contributed by atoms with Crippen molar-refractivity contribution in [1.82, 2.24) is 10.0 Å². The number of amides is 1. The van der Waals surface area contributed by atoms with Crippen molar-refractivity contribution >= 4 is 15.9 Å². The van der Waals surface area contributed by atoms with Crippen LogP contribution in [0.4, 0.5) is 0 Å². The molecule has 0 spiro atoms. The first-order chi connectivity index (χ1) is 11.5. The SMILES string of the molecule is CCS(=O)(=O)NCCNC(=O)C(c1ccccc1)c1ccccc1. The second-order valence-electron chi connectivity index (χ2n) is 5.34. The third-order valence-electron chi connectivity index (χ3n) is 3.65. The van der Waals surface area contributed by atoms with E-state index in [4.69, 9.17) is 0 Å². The Kier molecular flexibility index (Phi) is 6.52. The molecule has 6 heteroatoms. The number of hydrogen-bond donors (Lipinski definition) is 2. The number of rotatable bonds is 8. The van der Waals surface area contributed by atoms with Gasteiger partial charge in [-0.3, -0.25) is 4.79 Å². The average Bonchev–Trinajstić information content (AvgIpc) is 2.61. The molecule has 0 aliphatic heterocycles. The van der Waals surface area contributed by atoms with Crippen molar-refractivity contribution in [3.05, 3.63) is 71.8 Å². The van der Waals surface area contributed by atoms with Crippen LogP contribution in [-0.2, 0) is 14.8 Å². The van der Waals surface area contributed by atoms with Gasteiger partial charge in [0.1, 0.15) is 0 Å². The molecule has 0 aliphatic rings. The second kappa shape index (κ2) is 8.61. The zero-order chi connectivity index (χ0) is 17.4. The fraction of sp³-hybridized carbons (Fsp3) is 0.278. The van der Waals surface area contributed by atoms with Crippen LogP contribution in [0.5, 0.6) is 0 Å². The van der Waals surface area contributed by atoms with Crippen LogP contribution < -0.4 is 10.0 Å². The van der Waals surface area contributed by atoms with E-state index >= 15 is 0 Å². The van der Waals surface area contributed by atoms with E-state index in [0.29, 0.717) is 0 Å². The summed E-state index contributed by atoms with van der Waals surface area (Å²) in [4.78, 5) is 12.6. The summed E-state index contributed by atoms with van der Waals surface area (Å²) in [5.41, 5.74) is 1.80. The Morgan fingerprint density at radius 2 is 1.42 bits per heavy atom. The van der Waals surface area contributed by atoms with Gasteiger partial charge >= 0.3 is 0 Å². The first-order valence-corrected chi connectivity index (χ1v) is 9.53. The summed E-state index contributed by atoms with van der Waals surface area (Å²) >= 11 is 0. The number of carbonyl (C=O) groups excluding carboxylic acids is 1. The molecule has 0 bridgehead atoms. The van der Waals surface area contributed by atoms with Crippen LogP contribution in [0.1, 0.15) is 24.0 Å². The van der Waals surface area contributed by atoms with Crippen LogP contribution in [-0.4, -0.2) is 33.2 Å². The van der Waals surface area contributed by atoms with E-state index in [1.165, 1.54) is 0 Å². The van der Waals surface area contributed by atoms with Gasteiger partial charge in [0, 0.05) is 13.1 Å². The highest BCUT2D eigenvalue weighted by Gasteiger charge is 2.22. The highest BCUT2D eigenvalue weighted by Crippen LogP contribution is 2.24. The van der Waals surface area contributed by atoms with E-state index in [2.05, 4.69) is 10.0 Å². The van der Waals surface area contributed by atoms with Gasteiger partial charge in [0.2, 0.25) is 15.9 Å². The first-order valence-electron chi connectivity index (χ1n) is 7.88. The molecule has 5 nitrogen and oxygen atoms in total. The summed E-state index contributed by atoms with van der Waals surface area (Å²) in [5.74, 6) is -0.546. The Labute approximate surface area is 143 Å². The molecular weight excluding hydrogens is 324 g/mol. The summed E-state index contributed by atoms with van der Waals surface area (Å²) in [7, 11) is -3.24. The zero-order valence-electron chi connectivity index (χ0n) is 13.6. The molecule has 2 aromatic carbocycles. The summed E-state index contributed by atoms with van der Waals surface area (Å²) in [6.45, 7) is 1.99. The Morgan fingerprint density at radius 3 is 1.88 bits per heavy atom. The van der Waals surface area contributed by atoms with Gasteiger partial charge in [-0.2, -0.15) is 0 Å². The van der Waals surface area contributed by atoms with Gasteiger partial charge in [0.25, 0.3) is 0 Å². The normalized spacial score (nSPS) is 11.4. The van der Waals surface area contributed by atoms with Crippen molar-refractivity contribution in [2.45, 2.75) is 12.8 Å². The largest absolute Gasteiger partial charge is 0.354 e. The van der Waals surface area contributed by atoms with E-state index < -0.39 is 15.9 Å². The summed E-state index contributed by atoms with van der Waals surface area (Å²) in [6.07, 6.45) is 0. The second-order valence-corrected chi connectivity index (χ2v) is 7.44. The number of carbonyl (C=O) groups is 1. The zero-order valence-corrected chi connectivity index (χ0v) is 14.4. The van der Waals surface area contributed by atoms with Gasteiger partial charge in [0.05, 0.1) is 11.7 Å². The molecule has 0 heterocycles. The molecule has 0 atom stereocenters. The Hall–Kier alpha value is -2.18. The predicted molar refractivity (Wildman–Crippen MR) is 95.2 cm³/mol. The lowest BCUT2D eigenvalue weighted by Gasteiger charge is -2.18. The quantitative estimate of drug-likeness (QED) is 0.717. The maximum absolute atomic E-state index is 12.6. The number of sulfonamides is 1. The number of nitrogens with one attached hydrogen (secondary N) is 2. The van der Waals surface area contributed by atoms with Crippen LogP contribution in [0.3, 0.4) is 0 Å². The molecule has 2 N–H and O–H groups in total. The van der Waals surface area contributed by atoms with E-state index in [9.17, 15) is 13.2 Å². The Balaban J connectivity index is 2.06. The van der Waals surface area contributed by atoms with Crippen molar-refractivity contribution in [2.75, 3.05) is 18.8 Å². The molecule has 2 aromatic rings. The van der Waals surface area contributed by atoms with E-state index in [-0.39, 0.29) is 24.7 Å². The van der Waals surface area contributed by atoms with Gasteiger partial charge < -0.3 is 5.32 Å². The van der Waals surface area contributed by atoms with Gasteiger partial charge in [-0.25, -0.2) is 13.1 Å². The van der Waals surface area contributed by atoms with Gasteiger partial charge in [-0.15, -0.1) is 0 Å². The lowest BCUT2D eigenvalue weighted by atomic mass is 9.90. The summed E-state index contributed by atoms with van der Waals surface area (Å²) in [5, 5.41) is 2.81. The first kappa shape index (κ1) is 18.2. The predicted octanol–water partition coefficient (Wildman–Crippen LogP) is 1.87. The molecule has 0 radical (unpaired) electrons. The fourth-order valence-corrected chi connectivity index (χ4v) is 3.00. The summed E-state index contributed by atoms with van der Waals surface area (Å²) < 4.78 is 25.2. The van der Waals surface area contributed by atoms with Crippen molar-refractivity contribution in [2.24, 2.45) is 0 Å². The minimum atomic E-state index is -3.24. The van der Waals surface area contributed by atoms with Gasteiger partial charge in [-0.05, 0) is 18.1 Å². The van der Waals surface area contributed by atoms with Crippen molar-refractivity contribution in [1.29, 1.82) is 0 Å². The van der Waals surface area contributed by atoms with Crippen LogP contribution >= 0.6 is 0 Å². The molecule has 0 saturated carbocycles. The molecular formula is C18H22N2O3S. The Bertz CT molecular complexity index is 707. The molecule has 128 valence electrons. The van der Waals surface area contributed by atoms with E-state index in [1.54, 1.807) is 6.92 Å². The molecule has 0 aliphatic carbocycles. The standard InChI is InChI=1S/C18H22N2O3S/c1-2-24(22,23)20-14-13-19-18(21)17(15-9-5-3-6-10-15)16-11-7-4-8-12-16/h3-12,17,20H,2,13-14H2,1H3,(H,19,21). The molecule has 0 aromatic heterocycles. The molecule has 0 unspecified atom stereocenters. The van der Waals surface area contributed by atoms with E-state index in [1.807, 2.05) is 60.7 Å². The third kappa shape index (κ3) is 5.18. The smallest absolute Gasteiger partial charge is 0.232 e. The van der Waals surface area contributed by atoms with Crippen LogP contribution in [0.15, 0.2) is 60.7 Å². The molecule has 0 saturated heterocycles. The topological polar surface area (TPSA) is 75.3 Å². The van der Waals surface area contributed by atoms with Crippen LogP contribution in [0, 0.1) is 0 Å². The molecule has 24 heavy (non-hydrogen) atoms. The maximum atomic E-state index is 12.6. The highest BCUT2D eigenvalue weighted by atomic mass is 32.2. The lowest BCUT2D eigenvalue weighted by molar-refractivity contribution is -0.121. The van der Waals surface area contributed by atoms with Crippen molar-refractivity contribution in [3.8, 4) is 0 Å². The highest BCUT2D eigenvalue weighted by molar-refractivity contribution is 7.89. The average molecular weight is 346 g/mol. The van der Waals surface area contributed by atoms with Gasteiger partial charge in [-0.1, -0.05) is 60.7 Å². The van der Waals surface area contributed by atoms with Crippen LogP contribution in [0.25, 0.3) is 0 Å². The minimum Gasteiger partial charge on any atom is -0.354 e.